The summed E-state index contributed by atoms with van der Waals surface area (Å²) in [6.07, 6.45) is 6.03. The monoisotopic (exact) mass is 220 g/mol. The van der Waals surface area contributed by atoms with Crippen LogP contribution in [0, 0.1) is 0 Å². The molecule has 1 unspecified atom stereocenters. The summed E-state index contributed by atoms with van der Waals surface area (Å²) in [5.74, 6) is 1.29. The number of aryl methyl sites for hydroxylation is 2. The Morgan fingerprint density at radius 2 is 2.31 bits per heavy atom. The molecule has 1 fully saturated rings. The van der Waals surface area contributed by atoms with Gasteiger partial charge in [-0.1, -0.05) is 0 Å². The van der Waals surface area contributed by atoms with Crippen molar-refractivity contribution in [2.45, 2.75) is 31.8 Å². The van der Waals surface area contributed by atoms with Gasteiger partial charge in [0, 0.05) is 38.8 Å². The lowest BCUT2D eigenvalue weighted by molar-refractivity contribution is 0.198. The topological polar surface area (TPSA) is 33.1 Å². The Morgan fingerprint density at radius 3 is 3.12 bits per heavy atom. The molecule has 0 spiro atoms. The van der Waals surface area contributed by atoms with Crippen LogP contribution < -0.4 is 5.32 Å². The van der Waals surface area contributed by atoms with Gasteiger partial charge in [-0.25, -0.2) is 4.98 Å². The van der Waals surface area contributed by atoms with Crippen LogP contribution in [0.15, 0.2) is 6.20 Å². The summed E-state index contributed by atoms with van der Waals surface area (Å²) in [7, 11) is 2.20. The van der Waals surface area contributed by atoms with Gasteiger partial charge in [-0.15, -0.1) is 0 Å². The van der Waals surface area contributed by atoms with Crippen molar-refractivity contribution in [1.29, 1.82) is 0 Å². The second kappa shape index (κ2) is 4.18. The Hall–Kier alpha value is -0.870. The molecule has 3 heterocycles. The third kappa shape index (κ3) is 1.76. The van der Waals surface area contributed by atoms with Crippen LogP contribution in [0.25, 0.3) is 0 Å². The van der Waals surface area contributed by atoms with Gasteiger partial charge in [0.05, 0.1) is 11.7 Å². The summed E-state index contributed by atoms with van der Waals surface area (Å²) >= 11 is 0. The fraction of sp³-hybridized carbons (Fsp3) is 0.750. The molecule has 0 amide bonds. The largest absolute Gasteiger partial charge is 0.335 e. The number of aromatic nitrogens is 2. The van der Waals surface area contributed by atoms with Gasteiger partial charge >= 0.3 is 0 Å². The Kier molecular flexibility index (Phi) is 2.69. The molecule has 1 aromatic rings. The number of nitrogens with zero attached hydrogens (tertiary/aromatic N) is 3. The molecule has 0 aromatic carbocycles. The van der Waals surface area contributed by atoms with E-state index in [0.717, 1.165) is 32.6 Å². The van der Waals surface area contributed by atoms with E-state index in [9.17, 15) is 0 Å². The molecule has 0 radical (unpaired) electrons. The molecule has 1 aromatic heterocycles. The van der Waals surface area contributed by atoms with Crippen molar-refractivity contribution >= 4 is 0 Å². The number of piperazine rings is 1. The van der Waals surface area contributed by atoms with E-state index < -0.39 is 0 Å². The zero-order valence-electron chi connectivity index (χ0n) is 9.95. The van der Waals surface area contributed by atoms with Crippen LogP contribution in [-0.2, 0) is 13.0 Å². The zero-order valence-corrected chi connectivity index (χ0v) is 9.95. The number of hydrogen-bond acceptors (Lipinski definition) is 3. The minimum atomic E-state index is 0.465. The maximum Gasteiger partial charge on any atom is 0.109 e. The van der Waals surface area contributed by atoms with E-state index in [-0.39, 0.29) is 0 Å². The highest BCUT2D eigenvalue weighted by Gasteiger charge is 2.24. The molecule has 2 aliphatic heterocycles. The van der Waals surface area contributed by atoms with Crippen LogP contribution in [0.3, 0.4) is 0 Å². The van der Waals surface area contributed by atoms with Gasteiger partial charge in [0.2, 0.25) is 0 Å². The van der Waals surface area contributed by atoms with Gasteiger partial charge in [0.25, 0.3) is 0 Å². The van der Waals surface area contributed by atoms with Crippen LogP contribution in [0.1, 0.15) is 30.4 Å². The average molecular weight is 220 g/mol. The molecule has 1 N–H and O–H groups in total. The van der Waals surface area contributed by atoms with Crippen molar-refractivity contribution in [2.75, 3.05) is 26.7 Å². The van der Waals surface area contributed by atoms with Crippen molar-refractivity contribution in [2.24, 2.45) is 0 Å². The first-order valence-electron chi connectivity index (χ1n) is 6.31. The highest BCUT2D eigenvalue weighted by Crippen LogP contribution is 2.22. The Bertz CT molecular complexity index is 348. The van der Waals surface area contributed by atoms with Gasteiger partial charge in [0.15, 0.2) is 0 Å². The summed E-state index contributed by atoms with van der Waals surface area (Å²) in [6, 6.07) is 0.465. The molecular weight excluding hydrogens is 200 g/mol. The maximum atomic E-state index is 4.81. The second-order valence-corrected chi connectivity index (χ2v) is 4.93. The molecule has 1 atom stereocenters. The average Bonchev–Trinajstić information content (AvgIpc) is 2.73. The lowest BCUT2D eigenvalue weighted by atomic mass is 10.1. The highest BCUT2D eigenvalue weighted by molar-refractivity contribution is 5.12. The smallest absolute Gasteiger partial charge is 0.109 e. The number of rotatable bonds is 1. The third-order valence-electron chi connectivity index (χ3n) is 3.78. The van der Waals surface area contributed by atoms with E-state index >= 15 is 0 Å². The number of imidazole rings is 1. The molecule has 2 aliphatic rings. The van der Waals surface area contributed by atoms with Crippen molar-refractivity contribution < 1.29 is 0 Å². The minimum Gasteiger partial charge on any atom is -0.335 e. The van der Waals surface area contributed by atoms with Crippen LogP contribution in [0.4, 0.5) is 0 Å². The number of nitrogens with one attached hydrogen (secondary N) is 1. The lowest BCUT2D eigenvalue weighted by Crippen LogP contribution is -2.43. The van der Waals surface area contributed by atoms with Gasteiger partial charge in [-0.3, -0.25) is 4.90 Å². The first-order chi connectivity index (χ1) is 7.84. The Balaban J connectivity index is 1.85. The van der Waals surface area contributed by atoms with E-state index in [0.29, 0.717) is 6.04 Å². The molecule has 0 bridgehead atoms. The lowest BCUT2D eigenvalue weighted by Gasteiger charge is -2.31. The predicted octanol–water partition coefficient (Wildman–Crippen LogP) is 0.795. The number of hydrogen-bond donors (Lipinski definition) is 1. The molecular formula is C12H20N4. The first kappa shape index (κ1) is 10.3. The Morgan fingerprint density at radius 1 is 1.38 bits per heavy atom. The molecule has 16 heavy (non-hydrogen) atoms. The molecule has 4 nitrogen and oxygen atoms in total. The normalized spacial score (nSPS) is 26.7. The standard InChI is InChI=1S/C12H20N4/c1-15-7-5-13-8-11(15)10-9-16-6-3-2-4-12(16)14-10/h9,11,13H,2-8H2,1H3. The SMILES string of the molecule is CN1CCNCC1c1cn2c(n1)CCCC2. The first-order valence-corrected chi connectivity index (χ1v) is 6.31. The van der Waals surface area contributed by atoms with Gasteiger partial charge in [-0.05, 0) is 19.9 Å². The summed E-state index contributed by atoms with van der Waals surface area (Å²) in [5.41, 5.74) is 1.26. The molecule has 4 heteroatoms. The van der Waals surface area contributed by atoms with Crippen molar-refractivity contribution in [3.8, 4) is 0 Å². The molecule has 88 valence electrons. The minimum absolute atomic E-state index is 0.465. The van der Waals surface area contributed by atoms with E-state index in [2.05, 4.69) is 28.0 Å². The quantitative estimate of drug-likeness (QED) is 0.760. The van der Waals surface area contributed by atoms with Gasteiger partial charge in [-0.2, -0.15) is 0 Å². The predicted molar refractivity (Wildman–Crippen MR) is 63.4 cm³/mol. The van der Waals surface area contributed by atoms with E-state index in [1.165, 1.54) is 24.4 Å². The maximum absolute atomic E-state index is 4.81. The summed E-state index contributed by atoms with van der Waals surface area (Å²) in [6.45, 7) is 4.41. The summed E-state index contributed by atoms with van der Waals surface area (Å²) in [5, 5.41) is 3.45. The van der Waals surface area contributed by atoms with E-state index in [1.54, 1.807) is 0 Å². The van der Waals surface area contributed by atoms with Crippen molar-refractivity contribution in [3.63, 3.8) is 0 Å². The third-order valence-corrected chi connectivity index (χ3v) is 3.78. The van der Waals surface area contributed by atoms with Crippen LogP contribution in [0.2, 0.25) is 0 Å². The molecule has 1 saturated heterocycles. The number of fused-ring (bicyclic) bond motifs is 1. The fourth-order valence-corrected chi connectivity index (χ4v) is 2.73. The van der Waals surface area contributed by atoms with Crippen LogP contribution in [0.5, 0.6) is 0 Å². The van der Waals surface area contributed by atoms with E-state index in [1.807, 2.05) is 0 Å². The number of likely N-dealkylation sites (N-methyl/N-ethyl adjacent to an activating group) is 1. The van der Waals surface area contributed by atoms with Crippen LogP contribution in [-0.4, -0.2) is 41.1 Å². The molecule has 3 rings (SSSR count). The summed E-state index contributed by atoms with van der Waals surface area (Å²) < 4.78 is 2.35. The Labute approximate surface area is 96.7 Å². The van der Waals surface area contributed by atoms with E-state index in [4.69, 9.17) is 4.98 Å². The highest BCUT2D eigenvalue weighted by atomic mass is 15.2. The van der Waals surface area contributed by atoms with Crippen molar-refractivity contribution in [3.05, 3.63) is 17.7 Å². The van der Waals surface area contributed by atoms with Gasteiger partial charge in [0.1, 0.15) is 5.82 Å². The molecule has 0 aliphatic carbocycles. The fourth-order valence-electron chi connectivity index (χ4n) is 2.73. The summed E-state index contributed by atoms with van der Waals surface area (Å²) in [4.78, 5) is 7.21. The van der Waals surface area contributed by atoms with Crippen molar-refractivity contribution in [1.82, 2.24) is 19.8 Å². The van der Waals surface area contributed by atoms with Gasteiger partial charge < -0.3 is 9.88 Å². The van der Waals surface area contributed by atoms with Crippen LogP contribution >= 0.6 is 0 Å². The zero-order chi connectivity index (χ0) is 11.0. The molecule has 0 saturated carbocycles. The second-order valence-electron chi connectivity index (χ2n) is 4.93.